The van der Waals surface area contributed by atoms with E-state index in [-0.39, 0.29) is 47.4 Å². The molecule has 1 aliphatic rings. The van der Waals surface area contributed by atoms with Crippen molar-refractivity contribution >= 4 is 24.0 Å². The number of aromatic hydroxyl groups is 1. The molecule has 0 radical (unpaired) electrons. The minimum absolute atomic E-state index is 0. The Kier molecular flexibility index (Phi) is 6.63. The number of pyridine rings is 1. The van der Waals surface area contributed by atoms with E-state index in [4.69, 9.17) is 5.41 Å². The fraction of sp³-hybridized carbons (Fsp3) is 0.480. The summed E-state index contributed by atoms with van der Waals surface area (Å²) >= 11 is 0. The van der Waals surface area contributed by atoms with Gasteiger partial charge in [0.15, 0.2) is 5.78 Å². The molecule has 2 heterocycles. The molecule has 0 spiro atoms. The van der Waals surface area contributed by atoms with Crippen LogP contribution in [0.15, 0.2) is 24.3 Å². The van der Waals surface area contributed by atoms with Gasteiger partial charge in [0, 0.05) is 27.9 Å². The molecule has 0 amide bonds. The van der Waals surface area contributed by atoms with Crippen molar-refractivity contribution in [2.24, 2.45) is 0 Å². The van der Waals surface area contributed by atoms with Crippen LogP contribution in [-0.2, 0) is 10.8 Å². The number of aryl methyl sites for hydroxylation is 1. The number of hydrogen-bond donors (Lipinski definition) is 2. The maximum absolute atomic E-state index is 13.3. The summed E-state index contributed by atoms with van der Waals surface area (Å²) in [6, 6.07) is 7.49. The van der Waals surface area contributed by atoms with Crippen LogP contribution in [0, 0.1) is 12.3 Å². The van der Waals surface area contributed by atoms with Crippen LogP contribution in [0.4, 0.5) is 0 Å². The number of rotatable bonds is 3. The Morgan fingerprint density at radius 2 is 1.61 bits per heavy atom. The van der Waals surface area contributed by atoms with Gasteiger partial charge in [-0.2, -0.15) is 0 Å². The molecule has 0 aliphatic carbocycles. The number of ketones is 1. The van der Waals surface area contributed by atoms with E-state index in [1.54, 1.807) is 4.90 Å². The minimum atomic E-state index is -0.300. The second-order valence-electron chi connectivity index (χ2n) is 10.4. The van der Waals surface area contributed by atoms with E-state index < -0.39 is 0 Å². The van der Waals surface area contributed by atoms with E-state index in [1.807, 2.05) is 79.7 Å². The van der Waals surface area contributed by atoms with Crippen LogP contribution in [0.25, 0.3) is 0 Å². The Balaban J connectivity index is 0.00000341. The number of hydrogen-bond acceptors (Lipinski definition) is 4. The average Bonchev–Trinajstić information content (AvgIpc) is 2.84. The summed E-state index contributed by atoms with van der Waals surface area (Å²) in [5.74, 6) is 0.494. The molecule has 2 N–H and O–H groups in total. The lowest BCUT2D eigenvalue weighted by Gasteiger charge is -2.28. The van der Waals surface area contributed by atoms with E-state index in [0.717, 1.165) is 22.4 Å². The predicted octanol–water partition coefficient (Wildman–Crippen LogP) is 5.70. The summed E-state index contributed by atoms with van der Waals surface area (Å²) in [5, 5.41) is 19.5. The Bertz CT molecular complexity index is 997. The largest absolute Gasteiger partial charge is 0.507 e. The molecule has 0 saturated heterocycles. The molecule has 5 nitrogen and oxygen atoms in total. The number of Topliss-reactive ketones (excluding diaryl/α,β-unsaturated/α-hetero) is 1. The number of nitrogens with zero attached hydrogens (tertiary/aromatic N) is 2. The first-order chi connectivity index (χ1) is 13.7. The molecule has 0 saturated carbocycles. The molecule has 2 aromatic rings. The molecular weight excluding hydrogens is 410 g/mol. The fourth-order valence-electron chi connectivity index (χ4n) is 3.99. The zero-order chi connectivity index (χ0) is 22.6. The number of fused-ring (bicyclic) bond motifs is 1. The van der Waals surface area contributed by atoms with Crippen LogP contribution in [0.3, 0.4) is 0 Å². The van der Waals surface area contributed by atoms with Crippen molar-refractivity contribution in [1.29, 1.82) is 5.41 Å². The van der Waals surface area contributed by atoms with Gasteiger partial charge in [-0.3, -0.25) is 10.2 Å². The first-order valence-corrected chi connectivity index (χ1v) is 10.5. The van der Waals surface area contributed by atoms with Gasteiger partial charge in [0.05, 0.1) is 12.6 Å². The predicted molar refractivity (Wildman–Crippen MR) is 128 cm³/mol. The standard InChI is InChI=1S/C25H33N3O2.ClH/c1-14-9-10-17-15(2)28(23(26)21(17)27-14)13-20(29)16-11-18(24(3,4)5)22(30)19(12-16)25(6,7)8;/h9-12,15,26,30H,13H2,1-8H3;1H. The van der Waals surface area contributed by atoms with Gasteiger partial charge in [0.1, 0.15) is 17.3 Å². The van der Waals surface area contributed by atoms with Crippen molar-refractivity contribution in [3.8, 4) is 5.75 Å². The third kappa shape index (κ3) is 4.62. The SMILES string of the molecule is Cc1ccc2c(n1)C(=N)N(CC(=O)c1cc(C(C)(C)C)c(O)c(C(C)(C)C)c1)C2C.Cl. The summed E-state index contributed by atoms with van der Waals surface area (Å²) in [6.45, 7) is 16.2. The summed E-state index contributed by atoms with van der Waals surface area (Å²) in [7, 11) is 0. The first-order valence-electron chi connectivity index (χ1n) is 10.5. The fourth-order valence-corrected chi connectivity index (χ4v) is 3.99. The maximum Gasteiger partial charge on any atom is 0.182 e. The van der Waals surface area contributed by atoms with E-state index in [9.17, 15) is 9.90 Å². The number of benzene rings is 1. The van der Waals surface area contributed by atoms with Crippen LogP contribution in [0.5, 0.6) is 5.75 Å². The second kappa shape index (κ2) is 8.27. The Morgan fingerprint density at radius 3 is 2.10 bits per heavy atom. The second-order valence-corrected chi connectivity index (χ2v) is 10.4. The monoisotopic (exact) mass is 443 g/mol. The van der Waals surface area contributed by atoms with Gasteiger partial charge in [-0.1, -0.05) is 47.6 Å². The lowest BCUT2D eigenvalue weighted by molar-refractivity contribution is 0.0952. The zero-order valence-corrected chi connectivity index (χ0v) is 20.6. The Morgan fingerprint density at radius 1 is 1.10 bits per heavy atom. The summed E-state index contributed by atoms with van der Waals surface area (Å²) in [4.78, 5) is 19.7. The normalized spacial score (nSPS) is 16.2. The molecule has 3 rings (SSSR count). The summed E-state index contributed by atoms with van der Waals surface area (Å²) in [5.41, 5.74) is 4.01. The molecule has 0 fully saturated rings. The maximum atomic E-state index is 13.3. The van der Waals surface area contributed by atoms with Gasteiger partial charge >= 0.3 is 0 Å². The van der Waals surface area contributed by atoms with Crippen LogP contribution < -0.4 is 0 Å². The zero-order valence-electron chi connectivity index (χ0n) is 19.8. The minimum Gasteiger partial charge on any atom is -0.507 e. The molecular formula is C25H34ClN3O2. The van der Waals surface area contributed by atoms with Crippen LogP contribution >= 0.6 is 12.4 Å². The highest BCUT2D eigenvalue weighted by atomic mass is 35.5. The Hall–Kier alpha value is -2.40. The smallest absolute Gasteiger partial charge is 0.182 e. The number of halogens is 1. The van der Waals surface area contributed by atoms with Gasteiger partial charge in [-0.05, 0) is 42.9 Å². The van der Waals surface area contributed by atoms with Gasteiger partial charge in [0.2, 0.25) is 0 Å². The lowest BCUT2D eigenvalue weighted by Crippen LogP contribution is -2.33. The molecule has 31 heavy (non-hydrogen) atoms. The first kappa shape index (κ1) is 24.9. The number of phenolic OH excluding ortho intramolecular Hbond substituents is 1. The van der Waals surface area contributed by atoms with Gasteiger partial charge in [0.25, 0.3) is 0 Å². The quantitative estimate of drug-likeness (QED) is 0.596. The van der Waals surface area contributed by atoms with E-state index in [1.165, 1.54) is 0 Å². The van der Waals surface area contributed by atoms with Crippen LogP contribution in [0.2, 0.25) is 0 Å². The highest BCUT2D eigenvalue weighted by Gasteiger charge is 2.34. The van der Waals surface area contributed by atoms with E-state index in [2.05, 4.69) is 4.98 Å². The molecule has 1 aromatic heterocycles. The van der Waals surface area contributed by atoms with Gasteiger partial charge in [-0.25, -0.2) is 4.98 Å². The van der Waals surface area contributed by atoms with Gasteiger partial charge < -0.3 is 10.0 Å². The molecule has 1 unspecified atom stereocenters. The average molecular weight is 444 g/mol. The summed E-state index contributed by atoms with van der Waals surface area (Å²) < 4.78 is 0. The highest BCUT2D eigenvalue weighted by Crippen LogP contribution is 2.40. The van der Waals surface area contributed by atoms with Crippen molar-refractivity contribution in [3.05, 3.63) is 57.9 Å². The van der Waals surface area contributed by atoms with Crippen molar-refractivity contribution < 1.29 is 9.90 Å². The van der Waals surface area contributed by atoms with Crippen LogP contribution in [0.1, 0.15) is 92.9 Å². The number of nitrogens with one attached hydrogen (secondary N) is 1. The Labute approximate surface area is 191 Å². The van der Waals surface area contributed by atoms with E-state index in [0.29, 0.717) is 17.1 Å². The third-order valence-electron chi connectivity index (χ3n) is 5.86. The van der Waals surface area contributed by atoms with Crippen molar-refractivity contribution in [1.82, 2.24) is 9.88 Å². The summed E-state index contributed by atoms with van der Waals surface area (Å²) in [6.07, 6.45) is 0. The van der Waals surface area contributed by atoms with Crippen molar-refractivity contribution in [2.75, 3.05) is 6.54 Å². The molecule has 1 atom stereocenters. The number of amidine groups is 1. The van der Waals surface area contributed by atoms with Crippen LogP contribution in [-0.4, -0.2) is 33.2 Å². The van der Waals surface area contributed by atoms with Crippen molar-refractivity contribution in [2.45, 2.75) is 72.3 Å². The lowest BCUT2D eigenvalue weighted by atomic mass is 9.78. The van der Waals surface area contributed by atoms with E-state index >= 15 is 0 Å². The molecule has 0 bridgehead atoms. The molecule has 6 heteroatoms. The third-order valence-corrected chi connectivity index (χ3v) is 5.86. The molecule has 168 valence electrons. The topological polar surface area (TPSA) is 77.3 Å². The molecule has 1 aromatic carbocycles. The number of phenols is 1. The van der Waals surface area contributed by atoms with Gasteiger partial charge in [-0.15, -0.1) is 12.4 Å². The number of aromatic nitrogens is 1. The molecule has 1 aliphatic heterocycles. The van der Waals surface area contributed by atoms with Crippen molar-refractivity contribution in [3.63, 3.8) is 0 Å². The number of carbonyl (C=O) groups excluding carboxylic acids is 1. The highest BCUT2D eigenvalue weighted by molar-refractivity contribution is 6.05. The number of carbonyl (C=O) groups is 1.